The summed E-state index contributed by atoms with van der Waals surface area (Å²) in [7, 11) is -3.54. The average molecular weight is 339 g/mol. The minimum Gasteiger partial charge on any atom is -0.352 e. The summed E-state index contributed by atoms with van der Waals surface area (Å²) in [6, 6.07) is 3.36. The molecule has 1 aliphatic carbocycles. The topological polar surface area (TPSA) is 63.2 Å². The molecule has 1 atom stereocenters. The first-order valence-corrected chi connectivity index (χ1v) is 9.33. The summed E-state index contributed by atoms with van der Waals surface area (Å²) in [5.41, 5.74) is -0.224. The zero-order chi connectivity index (χ0) is 17.0. The molecule has 4 nitrogen and oxygen atoms in total. The Balaban J connectivity index is 2.15. The van der Waals surface area contributed by atoms with Crippen molar-refractivity contribution in [2.45, 2.75) is 43.3 Å². The third-order valence-electron chi connectivity index (χ3n) is 4.06. The van der Waals surface area contributed by atoms with Gasteiger partial charge in [-0.2, -0.15) is 0 Å². The first-order valence-electron chi connectivity index (χ1n) is 7.79. The molecule has 0 radical (unpaired) electrons. The van der Waals surface area contributed by atoms with E-state index in [-0.39, 0.29) is 10.5 Å². The van der Waals surface area contributed by atoms with Crippen molar-refractivity contribution in [3.05, 3.63) is 41.7 Å². The van der Waals surface area contributed by atoms with E-state index in [2.05, 4.69) is 17.5 Å². The Morgan fingerprint density at radius 1 is 1.35 bits per heavy atom. The fourth-order valence-corrected chi connectivity index (χ4v) is 3.59. The smallest absolute Gasteiger partial charge is 0.254 e. The molecule has 1 aromatic rings. The molecule has 126 valence electrons. The minimum absolute atomic E-state index is 0.0281. The minimum atomic E-state index is -3.54. The van der Waals surface area contributed by atoms with E-state index in [1.807, 2.05) is 0 Å². The number of sulfone groups is 1. The van der Waals surface area contributed by atoms with Gasteiger partial charge in [-0.25, -0.2) is 12.8 Å². The van der Waals surface area contributed by atoms with Crippen molar-refractivity contribution in [3.63, 3.8) is 0 Å². The van der Waals surface area contributed by atoms with Crippen LogP contribution in [0.15, 0.2) is 35.2 Å². The summed E-state index contributed by atoms with van der Waals surface area (Å²) in [5.74, 6) is -0.943. The zero-order valence-corrected chi connectivity index (χ0v) is 14.2. The standard InChI is InChI=1S/C17H22FNO3S/c1-12(2)23(21,22)14-8-9-16(18)15(10-14)17(20)19-11-13-6-4-3-5-7-13/h3-4,8-10,12-13H,5-7,11H2,1-2H3,(H,19,20)/t13-/m1/s1. The molecule has 0 unspecified atom stereocenters. The molecular formula is C17H22FNO3S. The molecule has 1 N–H and O–H groups in total. The Morgan fingerprint density at radius 3 is 2.70 bits per heavy atom. The summed E-state index contributed by atoms with van der Waals surface area (Å²) >= 11 is 0. The summed E-state index contributed by atoms with van der Waals surface area (Å²) in [5, 5.41) is 2.08. The number of halogens is 1. The molecule has 0 spiro atoms. The second-order valence-electron chi connectivity index (χ2n) is 6.10. The quantitative estimate of drug-likeness (QED) is 0.662. The van der Waals surface area contributed by atoms with Crippen LogP contribution in [-0.4, -0.2) is 26.1 Å². The molecule has 0 aliphatic heterocycles. The van der Waals surface area contributed by atoms with E-state index in [4.69, 9.17) is 0 Å². The third-order valence-corrected chi connectivity index (χ3v) is 6.21. The maximum absolute atomic E-state index is 13.9. The van der Waals surface area contributed by atoms with Gasteiger partial charge in [-0.1, -0.05) is 12.2 Å². The van der Waals surface area contributed by atoms with Crippen molar-refractivity contribution in [2.24, 2.45) is 5.92 Å². The molecule has 1 aromatic carbocycles. The Hall–Kier alpha value is -1.69. The lowest BCUT2D eigenvalue weighted by Crippen LogP contribution is -2.30. The van der Waals surface area contributed by atoms with E-state index in [9.17, 15) is 17.6 Å². The third kappa shape index (κ3) is 4.19. The van der Waals surface area contributed by atoms with Crippen LogP contribution in [0.3, 0.4) is 0 Å². The van der Waals surface area contributed by atoms with E-state index in [0.29, 0.717) is 12.5 Å². The Kier molecular flexibility index (Phi) is 5.57. The van der Waals surface area contributed by atoms with Gasteiger partial charge in [0.2, 0.25) is 0 Å². The van der Waals surface area contributed by atoms with Gasteiger partial charge >= 0.3 is 0 Å². The monoisotopic (exact) mass is 339 g/mol. The van der Waals surface area contributed by atoms with Crippen molar-refractivity contribution in [1.82, 2.24) is 5.32 Å². The van der Waals surface area contributed by atoms with Gasteiger partial charge in [0.1, 0.15) is 5.82 Å². The van der Waals surface area contributed by atoms with Crippen LogP contribution in [0.25, 0.3) is 0 Å². The predicted molar refractivity (Wildman–Crippen MR) is 87.5 cm³/mol. The Bertz CT molecular complexity index is 711. The van der Waals surface area contributed by atoms with Crippen molar-refractivity contribution in [3.8, 4) is 0 Å². The van der Waals surface area contributed by atoms with Crippen LogP contribution in [0.2, 0.25) is 0 Å². The molecule has 0 saturated carbocycles. The lowest BCUT2D eigenvalue weighted by atomic mass is 9.94. The summed E-state index contributed by atoms with van der Waals surface area (Å²) < 4.78 is 38.2. The Labute approximate surface area is 136 Å². The van der Waals surface area contributed by atoms with E-state index >= 15 is 0 Å². The van der Waals surface area contributed by atoms with Gasteiger partial charge in [0.25, 0.3) is 5.91 Å². The van der Waals surface area contributed by atoms with Crippen molar-refractivity contribution < 1.29 is 17.6 Å². The van der Waals surface area contributed by atoms with Crippen LogP contribution in [-0.2, 0) is 9.84 Å². The zero-order valence-electron chi connectivity index (χ0n) is 13.4. The normalized spacial score (nSPS) is 18.2. The van der Waals surface area contributed by atoms with Crippen molar-refractivity contribution >= 4 is 15.7 Å². The molecule has 0 fully saturated rings. The Morgan fingerprint density at radius 2 is 2.09 bits per heavy atom. The molecule has 23 heavy (non-hydrogen) atoms. The second-order valence-corrected chi connectivity index (χ2v) is 8.60. The van der Waals surface area contributed by atoms with Gasteiger partial charge in [-0.3, -0.25) is 4.79 Å². The molecule has 1 amide bonds. The van der Waals surface area contributed by atoms with Crippen LogP contribution in [0.4, 0.5) is 4.39 Å². The van der Waals surface area contributed by atoms with E-state index in [0.717, 1.165) is 31.4 Å². The highest BCUT2D eigenvalue weighted by molar-refractivity contribution is 7.92. The number of rotatable bonds is 5. The molecule has 0 saturated heterocycles. The summed E-state index contributed by atoms with van der Waals surface area (Å²) in [6.45, 7) is 3.56. The fourth-order valence-electron chi connectivity index (χ4n) is 2.50. The number of hydrogen-bond acceptors (Lipinski definition) is 3. The van der Waals surface area contributed by atoms with E-state index < -0.39 is 26.8 Å². The number of amides is 1. The number of hydrogen-bond donors (Lipinski definition) is 1. The van der Waals surface area contributed by atoms with Crippen molar-refractivity contribution in [1.29, 1.82) is 0 Å². The van der Waals surface area contributed by atoms with Crippen LogP contribution < -0.4 is 5.32 Å². The lowest BCUT2D eigenvalue weighted by Gasteiger charge is -2.18. The number of allylic oxidation sites excluding steroid dienone is 2. The van der Waals surface area contributed by atoms with Gasteiger partial charge in [0, 0.05) is 6.54 Å². The highest BCUT2D eigenvalue weighted by atomic mass is 32.2. The van der Waals surface area contributed by atoms with E-state index in [1.165, 1.54) is 6.07 Å². The van der Waals surface area contributed by atoms with Crippen LogP contribution in [0.5, 0.6) is 0 Å². The van der Waals surface area contributed by atoms with Gasteiger partial charge in [-0.05, 0) is 57.2 Å². The molecule has 6 heteroatoms. The number of carbonyl (C=O) groups is 1. The second kappa shape index (κ2) is 7.25. The number of benzene rings is 1. The summed E-state index contributed by atoms with van der Waals surface area (Å²) in [6.07, 6.45) is 7.05. The van der Waals surface area contributed by atoms with Gasteiger partial charge in [0.15, 0.2) is 9.84 Å². The predicted octanol–water partition coefficient (Wildman–Crippen LogP) is 3.09. The first kappa shape index (κ1) is 17.7. The summed E-state index contributed by atoms with van der Waals surface area (Å²) in [4.78, 5) is 12.2. The number of nitrogens with one attached hydrogen (secondary N) is 1. The molecule has 0 heterocycles. The van der Waals surface area contributed by atoms with Gasteiger partial charge in [-0.15, -0.1) is 0 Å². The maximum Gasteiger partial charge on any atom is 0.254 e. The van der Waals surface area contributed by atoms with Crippen LogP contribution >= 0.6 is 0 Å². The molecule has 2 rings (SSSR count). The first-order chi connectivity index (χ1) is 10.8. The fraction of sp³-hybridized carbons (Fsp3) is 0.471. The van der Waals surface area contributed by atoms with Crippen molar-refractivity contribution in [2.75, 3.05) is 6.54 Å². The molecule has 1 aliphatic rings. The largest absolute Gasteiger partial charge is 0.352 e. The maximum atomic E-state index is 13.9. The van der Waals surface area contributed by atoms with Crippen LogP contribution in [0.1, 0.15) is 43.5 Å². The molecule has 0 bridgehead atoms. The molecule has 0 aromatic heterocycles. The highest BCUT2D eigenvalue weighted by Gasteiger charge is 2.22. The van der Waals surface area contributed by atoms with Gasteiger partial charge < -0.3 is 5.32 Å². The van der Waals surface area contributed by atoms with E-state index in [1.54, 1.807) is 13.8 Å². The SMILES string of the molecule is CC(C)S(=O)(=O)c1ccc(F)c(C(=O)NC[C@@H]2CC=CCC2)c1. The highest BCUT2D eigenvalue weighted by Crippen LogP contribution is 2.20. The molecular weight excluding hydrogens is 317 g/mol. The van der Waals surface area contributed by atoms with Crippen LogP contribution in [0, 0.1) is 11.7 Å². The van der Waals surface area contributed by atoms with Gasteiger partial charge in [0.05, 0.1) is 15.7 Å². The number of carbonyl (C=O) groups excluding carboxylic acids is 1. The average Bonchev–Trinajstić information content (AvgIpc) is 2.53. The lowest BCUT2D eigenvalue weighted by molar-refractivity contribution is 0.0942.